The van der Waals surface area contributed by atoms with Gasteiger partial charge in [-0.05, 0) is 19.1 Å². The van der Waals surface area contributed by atoms with Gasteiger partial charge in [-0.1, -0.05) is 0 Å². The lowest BCUT2D eigenvalue weighted by Crippen LogP contribution is -2.00. The second kappa shape index (κ2) is 4.14. The molecule has 0 aliphatic rings. The molecule has 6 nitrogen and oxygen atoms in total. The van der Waals surface area contributed by atoms with Crippen molar-refractivity contribution >= 4 is 17.3 Å². The van der Waals surface area contributed by atoms with Crippen molar-refractivity contribution < 1.29 is 0 Å². The van der Waals surface area contributed by atoms with Crippen molar-refractivity contribution in [3.8, 4) is 6.07 Å². The van der Waals surface area contributed by atoms with Crippen LogP contribution < -0.4 is 11.1 Å². The van der Waals surface area contributed by atoms with E-state index in [0.29, 0.717) is 17.3 Å². The van der Waals surface area contributed by atoms with E-state index in [-0.39, 0.29) is 5.69 Å². The Hall–Kier alpha value is -2.55. The topological polar surface area (TPSA) is 92.5 Å². The Kier molecular flexibility index (Phi) is 2.66. The molecule has 6 heteroatoms. The molecule has 2 heterocycles. The van der Waals surface area contributed by atoms with Gasteiger partial charge >= 0.3 is 0 Å². The summed E-state index contributed by atoms with van der Waals surface area (Å²) in [6.45, 7) is 1.95. The number of hydrogen-bond donors (Lipinski definition) is 2. The zero-order valence-electron chi connectivity index (χ0n) is 9.60. The second-order valence-electron chi connectivity index (χ2n) is 3.67. The summed E-state index contributed by atoms with van der Waals surface area (Å²) in [5, 5.41) is 16.1. The van der Waals surface area contributed by atoms with E-state index >= 15 is 0 Å². The van der Waals surface area contributed by atoms with Crippen LogP contribution in [0.15, 0.2) is 18.2 Å². The molecule has 0 atom stereocenters. The van der Waals surface area contributed by atoms with Gasteiger partial charge in [0, 0.05) is 18.8 Å². The second-order valence-corrected chi connectivity index (χ2v) is 3.67. The molecule has 2 aromatic rings. The van der Waals surface area contributed by atoms with Crippen LogP contribution in [-0.4, -0.2) is 14.8 Å². The first-order chi connectivity index (χ1) is 8.10. The van der Waals surface area contributed by atoms with Gasteiger partial charge in [0.25, 0.3) is 0 Å². The normalized spacial score (nSPS) is 9.94. The maximum atomic E-state index is 8.82. The molecule has 0 unspecified atom stereocenters. The maximum Gasteiger partial charge on any atom is 0.165 e. The van der Waals surface area contributed by atoms with Crippen molar-refractivity contribution in [3.05, 3.63) is 29.6 Å². The molecule has 0 fully saturated rings. The highest BCUT2D eigenvalue weighted by atomic mass is 15.3. The quantitative estimate of drug-likeness (QED) is 0.808. The Morgan fingerprint density at radius 1 is 1.41 bits per heavy atom. The average molecular weight is 228 g/mol. The van der Waals surface area contributed by atoms with Crippen LogP contribution in [0.1, 0.15) is 11.4 Å². The Morgan fingerprint density at radius 3 is 2.76 bits per heavy atom. The molecule has 0 amide bonds. The van der Waals surface area contributed by atoms with E-state index in [1.54, 1.807) is 16.8 Å². The number of hydrogen-bond acceptors (Lipinski definition) is 5. The zero-order chi connectivity index (χ0) is 12.4. The van der Waals surface area contributed by atoms with E-state index in [9.17, 15) is 0 Å². The molecule has 0 bridgehead atoms. The van der Waals surface area contributed by atoms with E-state index in [0.717, 1.165) is 5.69 Å². The lowest BCUT2D eigenvalue weighted by Gasteiger charge is -2.03. The number of pyridine rings is 1. The Labute approximate surface area is 98.7 Å². The Bertz CT molecular complexity index is 573. The highest BCUT2D eigenvalue weighted by Crippen LogP contribution is 2.17. The number of rotatable bonds is 2. The maximum absolute atomic E-state index is 8.82. The predicted molar refractivity (Wildman–Crippen MR) is 64.6 cm³/mol. The summed E-state index contributed by atoms with van der Waals surface area (Å²) in [4.78, 5) is 4.08. The van der Waals surface area contributed by atoms with Gasteiger partial charge in [-0.25, -0.2) is 4.98 Å². The van der Waals surface area contributed by atoms with Crippen LogP contribution in [0.25, 0.3) is 0 Å². The van der Waals surface area contributed by atoms with E-state index < -0.39 is 0 Å². The Balaban J connectivity index is 2.28. The molecule has 2 rings (SSSR count). The van der Waals surface area contributed by atoms with Gasteiger partial charge < -0.3 is 11.1 Å². The fraction of sp³-hybridized carbons (Fsp3) is 0.182. The van der Waals surface area contributed by atoms with Crippen molar-refractivity contribution in [1.29, 1.82) is 5.26 Å². The third-order valence-corrected chi connectivity index (χ3v) is 2.40. The molecule has 3 N–H and O–H groups in total. The van der Waals surface area contributed by atoms with Crippen molar-refractivity contribution in [3.63, 3.8) is 0 Å². The smallest absolute Gasteiger partial charge is 0.165 e. The van der Waals surface area contributed by atoms with Crippen LogP contribution in [0.5, 0.6) is 0 Å². The highest BCUT2D eigenvalue weighted by molar-refractivity contribution is 5.58. The number of nitrogens with zero attached hydrogens (tertiary/aromatic N) is 4. The number of nitrogens with one attached hydrogen (secondary N) is 1. The summed E-state index contributed by atoms with van der Waals surface area (Å²) < 4.78 is 1.75. The molecule has 17 heavy (non-hydrogen) atoms. The van der Waals surface area contributed by atoms with Crippen LogP contribution in [-0.2, 0) is 7.05 Å². The van der Waals surface area contributed by atoms with Crippen LogP contribution in [0.2, 0.25) is 0 Å². The van der Waals surface area contributed by atoms with E-state index in [1.165, 1.54) is 0 Å². The summed E-state index contributed by atoms with van der Waals surface area (Å²) in [6, 6.07) is 7.18. The summed E-state index contributed by atoms with van der Waals surface area (Å²) in [6.07, 6.45) is 0. The van der Waals surface area contributed by atoms with Crippen LogP contribution >= 0.6 is 0 Å². The van der Waals surface area contributed by atoms with Crippen LogP contribution in [0, 0.1) is 18.3 Å². The van der Waals surface area contributed by atoms with Gasteiger partial charge in [0.2, 0.25) is 0 Å². The predicted octanol–water partition coefficient (Wildman–Crippen LogP) is 1.32. The molecule has 0 aromatic carbocycles. The minimum atomic E-state index is 0.211. The lowest BCUT2D eigenvalue weighted by atomic mass is 10.3. The number of nitrogens with two attached hydrogens (primary N) is 1. The summed E-state index contributed by atoms with van der Waals surface area (Å²) >= 11 is 0. The van der Waals surface area contributed by atoms with E-state index in [1.807, 2.05) is 26.1 Å². The minimum absolute atomic E-state index is 0.211. The standard InChI is InChI=1S/C11H12N6/c1-7-5-11(16-17(7)2)15-10-4-3-8(13)9(6-12)14-10/h3-5H,13H2,1-2H3,(H,14,15,16). The zero-order valence-corrected chi connectivity index (χ0v) is 9.60. The number of nitrogen functional groups attached to an aromatic ring is 1. The molecule has 0 saturated carbocycles. The largest absolute Gasteiger partial charge is 0.396 e. The number of nitriles is 1. The first-order valence-electron chi connectivity index (χ1n) is 5.04. The van der Waals surface area contributed by atoms with Crippen LogP contribution in [0.3, 0.4) is 0 Å². The van der Waals surface area contributed by atoms with Gasteiger partial charge in [-0.2, -0.15) is 10.4 Å². The molecule has 0 aliphatic carbocycles. The average Bonchev–Trinajstić information content (AvgIpc) is 2.61. The molecule has 0 saturated heterocycles. The highest BCUT2D eigenvalue weighted by Gasteiger charge is 2.05. The van der Waals surface area contributed by atoms with Gasteiger partial charge in [0.15, 0.2) is 11.5 Å². The van der Waals surface area contributed by atoms with Gasteiger partial charge in [0.05, 0.1) is 5.69 Å². The summed E-state index contributed by atoms with van der Waals surface area (Å²) in [5.41, 5.74) is 7.20. The molecular formula is C11H12N6. The third-order valence-electron chi connectivity index (χ3n) is 2.40. The van der Waals surface area contributed by atoms with Crippen molar-refractivity contribution in [1.82, 2.24) is 14.8 Å². The van der Waals surface area contributed by atoms with E-state index in [2.05, 4.69) is 15.4 Å². The summed E-state index contributed by atoms with van der Waals surface area (Å²) in [5.74, 6) is 1.24. The van der Waals surface area contributed by atoms with Crippen molar-refractivity contribution in [2.24, 2.45) is 7.05 Å². The minimum Gasteiger partial charge on any atom is -0.396 e. The molecular weight excluding hydrogens is 216 g/mol. The molecule has 0 aliphatic heterocycles. The summed E-state index contributed by atoms with van der Waals surface area (Å²) in [7, 11) is 1.86. The Morgan fingerprint density at radius 2 is 2.18 bits per heavy atom. The van der Waals surface area contributed by atoms with Gasteiger partial charge in [-0.3, -0.25) is 4.68 Å². The lowest BCUT2D eigenvalue weighted by molar-refractivity contribution is 0.743. The van der Waals surface area contributed by atoms with Crippen molar-refractivity contribution in [2.75, 3.05) is 11.1 Å². The fourth-order valence-corrected chi connectivity index (χ4v) is 1.38. The molecule has 86 valence electrons. The molecule has 2 aromatic heterocycles. The number of aromatic nitrogens is 3. The van der Waals surface area contributed by atoms with Gasteiger partial charge in [0.1, 0.15) is 11.9 Å². The number of aryl methyl sites for hydroxylation is 2. The number of anilines is 3. The van der Waals surface area contributed by atoms with E-state index in [4.69, 9.17) is 11.0 Å². The van der Waals surface area contributed by atoms with Crippen molar-refractivity contribution in [2.45, 2.75) is 6.92 Å². The monoisotopic (exact) mass is 228 g/mol. The first-order valence-corrected chi connectivity index (χ1v) is 5.04. The van der Waals surface area contributed by atoms with Gasteiger partial charge in [-0.15, -0.1) is 0 Å². The van der Waals surface area contributed by atoms with Crippen LogP contribution in [0.4, 0.5) is 17.3 Å². The third kappa shape index (κ3) is 2.18. The SMILES string of the molecule is Cc1cc(Nc2ccc(N)c(C#N)n2)nn1C. The molecule has 0 radical (unpaired) electrons. The fourth-order valence-electron chi connectivity index (χ4n) is 1.38. The first kappa shape index (κ1) is 11.0. The molecule has 0 spiro atoms.